The van der Waals surface area contributed by atoms with Gasteiger partial charge in [-0.3, -0.25) is 14.6 Å². The van der Waals surface area contributed by atoms with E-state index in [2.05, 4.69) is 31.1 Å². The van der Waals surface area contributed by atoms with Gasteiger partial charge in [0.1, 0.15) is 5.69 Å². The highest BCUT2D eigenvalue weighted by molar-refractivity contribution is 5.92. The van der Waals surface area contributed by atoms with Crippen molar-refractivity contribution in [1.29, 1.82) is 0 Å². The Hall–Kier alpha value is -1.91. The monoisotopic (exact) mass is 290 g/mol. The Morgan fingerprint density at radius 1 is 1.29 bits per heavy atom. The summed E-state index contributed by atoms with van der Waals surface area (Å²) in [6.45, 7) is 6.27. The topological polar surface area (TPSA) is 79.3 Å². The van der Waals surface area contributed by atoms with Gasteiger partial charge < -0.3 is 10.4 Å². The molecule has 1 aliphatic carbocycles. The van der Waals surface area contributed by atoms with E-state index in [-0.39, 0.29) is 23.3 Å². The molecule has 2 N–H and O–H groups in total. The Kier molecular flexibility index (Phi) is 4.30. The van der Waals surface area contributed by atoms with E-state index in [4.69, 9.17) is 5.11 Å². The SMILES string of the molecule is CC(C)(C)c1ccc(C(=O)N[C@H]2CC[C@@H](C(=O)O)C2)nc1. The van der Waals surface area contributed by atoms with E-state index in [0.717, 1.165) is 5.56 Å². The Morgan fingerprint density at radius 2 is 2.00 bits per heavy atom. The van der Waals surface area contributed by atoms with Crippen LogP contribution in [0.3, 0.4) is 0 Å². The molecule has 0 unspecified atom stereocenters. The minimum absolute atomic E-state index is 0.00215. The molecule has 1 amide bonds. The molecule has 21 heavy (non-hydrogen) atoms. The number of nitrogens with zero attached hydrogens (tertiary/aromatic N) is 1. The van der Waals surface area contributed by atoms with Crippen LogP contribution in [0.1, 0.15) is 56.1 Å². The molecule has 1 fully saturated rings. The molecule has 0 saturated heterocycles. The fourth-order valence-electron chi connectivity index (χ4n) is 2.57. The van der Waals surface area contributed by atoms with Gasteiger partial charge in [0.25, 0.3) is 5.91 Å². The van der Waals surface area contributed by atoms with Crippen molar-refractivity contribution >= 4 is 11.9 Å². The number of aromatic nitrogens is 1. The summed E-state index contributed by atoms with van der Waals surface area (Å²) in [4.78, 5) is 27.2. The third-order valence-electron chi connectivity index (χ3n) is 3.98. The van der Waals surface area contributed by atoms with Crippen LogP contribution in [0.5, 0.6) is 0 Å². The summed E-state index contributed by atoms with van der Waals surface area (Å²) in [7, 11) is 0. The molecule has 5 heteroatoms. The van der Waals surface area contributed by atoms with Crippen LogP contribution < -0.4 is 5.32 Å². The quantitative estimate of drug-likeness (QED) is 0.895. The van der Waals surface area contributed by atoms with Gasteiger partial charge in [0, 0.05) is 12.2 Å². The van der Waals surface area contributed by atoms with Crippen molar-refractivity contribution in [3.05, 3.63) is 29.6 Å². The minimum atomic E-state index is -0.778. The maximum absolute atomic E-state index is 12.1. The van der Waals surface area contributed by atoms with Gasteiger partial charge in [-0.2, -0.15) is 0 Å². The van der Waals surface area contributed by atoms with Crippen LogP contribution in [0.4, 0.5) is 0 Å². The fourth-order valence-corrected chi connectivity index (χ4v) is 2.57. The Bertz CT molecular complexity index is 531. The van der Waals surface area contributed by atoms with Gasteiger partial charge in [0.15, 0.2) is 0 Å². The summed E-state index contributed by atoms with van der Waals surface area (Å²) in [5.41, 5.74) is 1.45. The lowest BCUT2D eigenvalue weighted by Gasteiger charge is -2.18. The lowest BCUT2D eigenvalue weighted by atomic mass is 9.88. The predicted molar refractivity (Wildman–Crippen MR) is 79.2 cm³/mol. The molecule has 0 aromatic carbocycles. The molecular formula is C16H22N2O3. The number of hydrogen-bond donors (Lipinski definition) is 2. The number of carboxylic acid groups (broad SMARTS) is 1. The van der Waals surface area contributed by atoms with Gasteiger partial charge in [-0.1, -0.05) is 26.8 Å². The lowest BCUT2D eigenvalue weighted by Crippen LogP contribution is -2.34. The van der Waals surface area contributed by atoms with E-state index in [1.54, 1.807) is 12.3 Å². The number of hydrogen-bond acceptors (Lipinski definition) is 3. The van der Waals surface area contributed by atoms with Crippen molar-refractivity contribution in [3.8, 4) is 0 Å². The van der Waals surface area contributed by atoms with Gasteiger partial charge >= 0.3 is 5.97 Å². The van der Waals surface area contributed by atoms with Crippen molar-refractivity contribution in [2.45, 2.75) is 51.5 Å². The number of pyridine rings is 1. The van der Waals surface area contributed by atoms with Gasteiger partial charge in [0.2, 0.25) is 0 Å². The summed E-state index contributed by atoms with van der Waals surface area (Å²) >= 11 is 0. The highest BCUT2D eigenvalue weighted by Gasteiger charge is 2.30. The molecular weight excluding hydrogens is 268 g/mol. The van der Waals surface area contributed by atoms with E-state index in [9.17, 15) is 9.59 Å². The second-order valence-electron chi connectivity index (χ2n) is 6.70. The maximum Gasteiger partial charge on any atom is 0.306 e. The summed E-state index contributed by atoms with van der Waals surface area (Å²) in [6.07, 6.45) is 3.56. The first-order valence-electron chi connectivity index (χ1n) is 7.27. The van der Waals surface area contributed by atoms with Crippen LogP contribution in [-0.4, -0.2) is 28.0 Å². The smallest absolute Gasteiger partial charge is 0.306 e. The van der Waals surface area contributed by atoms with Crippen molar-refractivity contribution < 1.29 is 14.7 Å². The van der Waals surface area contributed by atoms with Crippen LogP contribution >= 0.6 is 0 Å². The molecule has 0 radical (unpaired) electrons. The third kappa shape index (κ3) is 3.80. The molecule has 114 valence electrons. The predicted octanol–water partition coefficient (Wildman–Crippen LogP) is 2.36. The average Bonchev–Trinajstić information content (AvgIpc) is 2.86. The molecule has 2 rings (SSSR count). The zero-order chi connectivity index (χ0) is 15.6. The molecule has 5 nitrogen and oxygen atoms in total. The Labute approximate surface area is 124 Å². The number of rotatable bonds is 3. The summed E-state index contributed by atoms with van der Waals surface area (Å²) < 4.78 is 0. The largest absolute Gasteiger partial charge is 0.481 e. The second kappa shape index (κ2) is 5.84. The minimum Gasteiger partial charge on any atom is -0.481 e. The second-order valence-corrected chi connectivity index (χ2v) is 6.70. The summed E-state index contributed by atoms with van der Waals surface area (Å²) in [5, 5.41) is 11.8. The van der Waals surface area contributed by atoms with E-state index in [0.29, 0.717) is 25.0 Å². The molecule has 1 heterocycles. The van der Waals surface area contributed by atoms with Crippen molar-refractivity contribution in [1.82, 2.24) is 10.3 Å². The van der Waals surface area contributed by atoms with Crippen LogP contribution in [0, 0.1) is 5.92 Å². The number of nitrogens with one attached hydrogen (secondary N) is 1. The number of aliphatic carboxylic acids is 1. The first kappa shape index (κ1) is 15.5. The van der Waals surface area contributed by atoms with Gasteiger partial charge in [0.05, 0.1) is 5.92 Å². The zero-order valence-electron chi connectivity index (χ0n) is 12.7. The zero-order valence-corrected chi connectivity index (χ0v) is 12.7. The van der Waals surface area contributed by atoms with E-state index in [1.165, 1.54) is 0 Å². The molecule has 1 aromatic rings. The highest BCUT2D eigenvalue weighted by Crippen LogP contribution is 2.26. The standard InChI is InChI=1S/C16H22N2O3/c1-16(2,3)11-5-7-13(17-9-11)14(19)18-12-6-4-10(8-12)15(20)21/h5,7,9-10,12H,4,6,8H2,1-3H3,(H,18,19)(H,20,21)/t10-,12+/m1/s1. The van der Waals surface area contributed by atoms with Crippen molar-refractivity contribution in [2.24, 2.45) is 5.92 Å². The Morgan fingerprint density at radius 3 is 2.48 bits per heavy atom. The summed E-state index contributed by atoms with van der Waals surface area (Å²) in [6, 6.07) is 3.57. The first-order valence-corrected chi connectivity index (χ1v) is 7.27. The third-order valence-corrected chi connectivity index (χ3v) is 3.98. The lowest BCUT2D eigenvalue weighted by molar-refractivity contribution is -0.141. The van der Waals surface area contributed by atoms with Crippen LogP contribution in [-0.2, 0) is 10.2 Å². The number of carbonyl (C=O) groups is 2. The average molecular weight is 290 g/mol. The molecule has 0 aliphatic heterocycles. The van der Waals surface area contributed by atoms with Gasteiger partial charge in [-0.05, 0) is 36.3 Å². The molecule has 0 bridgehead atoms. The molecule has 1 aliphatic rings. The summed E-state index contributed by atoms with van der Waals surface area (Å²) in [5.74, 6) is -1.35. The highest BCUT2D eigenvalue weighted by atomic mass is 16.4. The maximum atomic E-state index is 12.1. The number of carboxylic acids is 1. The van der Waals surface area contributed by atoms with Crippen molar-refractivity contribution in [2.75, 3.05) is 0 Å². The van der Waals surface area contributed by atoms with E-state index in [1.807, 2.05) is 6.07 Å². The van der Waals surface area contributed by atoms with Crippen LogP contribution in [0.2, 0.25) is 0 Å². The van der Waals surface area contributed by atoms with E-state index >= 15 is 0 Å². The molecule has 1 aromatic heterocycles. The number of amides is 1. The van der Waals surface area contributed by atoms with Crippen LogP contribution in [0.25, 0.3) is 0 Å². The Balaban J connectivity index is 1.97. The fraction of sp³-hybridized carbons (Fsp3) is 0.562. The first-order chi connectivity index (χ1) is 9.77. The molecule has 2 atom stereocenters. The normalized spacial score (nSPS) is 22.0. The number of carbonyl (C=O) groups excluding carboxylic acids is 1. The molecule has 0 spiro atoms. The van der Waals surface area contributed by atoms with Gasteiger partial charge in [-0.25, -0.2) is 0 Å². The molecule has 1 saturated carbocycles. The van der Waals surface area contributed by atoms with Crippen molar-refractivity contribution in [3.63, 3.8) is 0 Å². The van der Waals surface area contributed by atoms with E-state index < -0.39 is 5.97 Å². The van der Waals surface area contributed by atoms with Gasteiger partial charge in [-0.15, -0.1) is 0 Å². The van der Waals surface area contributed by atoms with Crippen LogP contribution in [0.15, 0.2) is 18.3 Å².